The SMILES string of the molecule is COc1ccc(NC(=O)N2CCNCC2)cc1C(C)C. The van der Waals surface area contributed by atoms with Gasteiger partial charge in [-0.15, -0.1) is 0 Å². The van der Waals surface area contributed by atoms with E-state index in [0.717, 1.165) is 43.2 Å². The molecule has 110 valence electrons. The molecule has 1 aliphatic heterocycles. The smallest absolute Gasteiger partial charge is 0.321 e. The topological polar surface area (TPSA) is 53.6 Å². The van der Waals surface area contributed by atoms with Crippen LogP contribution in [0.2, 0.25) is 0 Å². The first-order chi connectivity index (χ1) is 9.61. The Morgan fingerprint density at radius 3 is 2.65 bits per heavy atom. The van der Waals surface area contributed by atoms with Crippen LogP contribution in [-0.2, 0) is 0 Å². The summed E-state index contributed by atoms with van der Waals surface area (Å²) < 4.78 is 5.35. The standard InChI is InChI=1S/C15H23N3O2/c1-11(2)13-10-12(4-5-14(13)20-3)17-15(19)18-8-6-16-7-9-18/h4-5,10-11,16H,6-9H2,1-3H3,(H,17,19). The normalized spacial score (nSPS) is 15.3. The Hall–Kier alpha value is -1.75. The Morgan fingerprint density at radius 1 is 1.35 bits per heavy atom. The molecule has 0 atom stereocenters. The lowest BCUT2D eigenvalue weighted by molar-refractivity contribution is 0.204. The molecule has 2 rings (SSSR count). The van der Waals surface area contributed by atoms with Crippen molar-refractivity contribution in [1.82, 2.24) is 10.2 Å². The maximum Gasteiger partial charge on any atom is 0.321 e. The molecule has 0 aliphatic carbocycles. The average Bonchev–Trinajstić information content (AvgIpc) is 2.48. The predicted octanol–water partition coefficient (Wildman–Crippen LogP) is 2.26. The van der Waals surface area contributed by atoms with Gasteiger partial charge in [-0.3, -0.25) is 0 Å². The van der Waals surface area contributed by atoms with Gasteiger partial charge in [0.25, 0.3) is 0 Å². The summed E-state index contributed by atoms with van der Waals surface area (Å²) >= 11 is 0. The molecule has 1 fully saturated rings. The first-order valence-corrected chi connectivity index (χ1v) is 7.06. The third kappa shape index (κ3) is 3.42. The largest absolute Gasteiger partial charge is 0.496 e. The lowest BCUT2D eigenvalue weighted by Crippen LogP contribution is -2.48. The van der Waals surface area contributed by atoms with Crippen molar-refractivity contribution < 1.29 is 9.53 Å². The highest BCUT2D eigenvalue weighted by atomic mass is 16.5. The number of nitrogens with zero attached hydrogens (tertiary/aromatic N) is 1. The van der Waals surface area contributed by atoms with Gasteiger partial charge in [0.05, 0.1) is 7.11 Å². The fourth-order valence-electron chi connectivity index (χ4n) is 2.33. The van der Waals surface area contributed by atoms with E-state index in [9.17, 15) is 4.79 Å². The van der Waals surface area contributed by atoms with E-state index in [1.165, 1.54) is 0 Å². The van der Waals surface area contributed by atoms with Gasteiger partial charge in [-0.2, -0.15) is 0 Å². The number of nitrogens with one attached hydrogen (secondary N) is 2. The summed E-state index contributed by atoms with van der Waals surface area (Å²) in [5.41, 5.74) is 1.92. The van der Waals surface area contributed by atoms with Crippen LogP contribution in [-0.4, -0.2) is 44.2 Å². The maximum atomic E-state index is 12.2. The number of piperazine rings is 1. The van der Waals surface area contributed by atoms with Gasteiger partial charge in [0.1, 0.15) is 5.75 Å². The number of hydrogen-bond donors (Lipinski definition) is 2. The van der Waals surface area contributed by atoms with E-state index in [-0.39, 0.29) is 6.03 Å². The number of carbonyl (C=O) groups excluding carboxylic acids is 1. The predicted molar refractivity (Wildman–Crippen MR) is 80.5 cm³/mol. The van der Waals surface area contributed by atoms with Crippen LogP contribution in [0.25, 0.3) is 0 Å². The molecule has 0 radical (unpaired) electrons. The molecule has 0 bridgehead atoms. The Bertz CT molecular complexity index is 468. The van der Waals surface area contributed by atoms with Gasteiger partial charge >= 0.3 is 6.03 Å². The Kier molecular flexibility index (Phi) is 4.84. The lowest BCUT2D eigenvalue weighted by Gasteiger charge is -2.27. The number of urea groups is 1. The maximum absolute atomic E-state index is 12.2. The quantitative estimate of drug-likeness (QED) is 0.891. The van der Waals surface area contributed by atoms with Gasteiger partial charge < -0.3 is 20.3 Å². The van der Waals surface area contributed by atoms with Gasteiger partial charge in [-0.1, -0.05) is 13.8 Å². The van der Waals surface area contributed by atoms with Crippen LogP contribution in [0.5, 0.6) is 5.75 Å². The van der Waals surface area contributed by atoms with Crippen molar-refractivity contribution in [3.8, 4) is 5.75 Å². The molecule has 1 saturated heterocycles. The zero-order valence-electron chi connectivity index (χ0n) is 12.4. The monoisotopic (exact) mass is 277 g/mol. The lowest BCUT2D eigenvalue weighted by atomic mass is 10.0. The third-order valence-corrected chi connectivity index (χ3v) is 3.51. The summed E-state index contributed by atoms with van der Waals surface area (Å²) in [6.45, 7) is 7.43. The number of benzene rings is 1. The molecule has 0 aromatic heterocycles. The van der Waals surface area contributed by atoms with Crippen molar-refractivity contribution in [2.45, 2.75) is 19.8 Å². The molecule has 1 aromatic rings. The van der Waals surface area contributed by atoms with Crippen LogP contribution in [0, 0.1) is 0 Å². The second-order valence-electron chi connectivity index (χ2n) is 5.28. The van der Waals surface area contributed by atoms with E-state index in [1.807, 2.05) is 23.1 Å². The number of anilines is 1. The minimum Gasteiger partial charge on any atom is -0.496 e. The molecule has 5 nitrogen and oxygen atoms in total. The molecule has 1 aromatic carbocycles. The van der Waals surface area contributed by atoms with E-state index in [1.54, 1.807) is 7.11 Å². The fraction of sp³-hybridized carbons (Fsp3) is 0.533. The van der Waals surface area contributed by atoms with Gasteiger partial charge in [0.2, 0.25) is 0 Å². The van der Waals surface area contributed by atoms with Crippen molar-refractivity contribution in [2.75, 3.05) is 38.6 Å². The molecule has 5 heteroatoms. The summed E-state index contributed by atoms with van der Waals surface area (Å²) in [6.07, 6.45) is 0. The molecule has 20 heavy (non-hydrogen) atoms. The number of hydrogen-bond acceptors (Lipinski definition) is 3. The molecule has 1 heterocycles. The van der Waals surface area contributed by atoms with Crippen molar-refractivity contribution in [3.63, 3.8) is 0 Å². The van der Waals surface area contributed by atoms with E-state index in [2.05, 4.69) is 24.5 Å². The van der Waals surface area contributed by atoms with Gasteiger partial charge in [0.15, 0.2) is 0 Å². The summed E-state index contributed by atoms with van der Waals surface area (Å²) in [7, 11) is 1.67. The van der Waals surface area contributed by atoms with Gasteiger partial charge in [0, 0.05) is 31.9 Å². The van der Waals surface area contributed by atoms with Crippen molar-refractivity contribution in [2.24, 2.45) is 0 Å². The van der Waals surface area contributed by atoms with Crippen LogP contribution in [0.4, 0.5) is 10.5 Å². The summed E-state index contributed by atoms with van der Waals surface area (Å²) in [4.78, 5) is 14.0. The Balaban J connectivity index is 2.08. The number of rotatable bonds is 3. The summed E-state index contributed by atoms with van der Waals surface area (Å²) in [5.74, 6) is 1.21. The first-order valence-electron chi connectivity index (χ1n) is 7.06. The van der Waals surface area contributed by atoms with Crippen LogP contribution >= 0.6 is 0 Å². The molecule has 1 aliphatic rings. The highest BCUT2D eigenvalue weighted by molar-refractivity contribution is 5.89. The van der Waals surface area contributed by atoms with E-state index < -0.39 is 0 Å². The number of amides is 2. The van der Waals surface area contributed by atoms with Gasteiger partial charge in [-0.05, 0) is 29.7 Å². The van der Waals surface area contributed by atoms with Crippen molar-refractivity contribution in [1.29, 1.82) is 0 Å². The average molecular weight is 277 g/mol. The Labute approximate surface area is 120 Å². The van der Waals surface area contributed by atoms with Crippen LogP contribution < -0.4 is 15.4 Å². The third-order valence-electron chi connectivity index (χ3n) is 3.51. The summed E-state index contributed by atoms with van der Waals surface area (Å²) in [6, 6.07) is 5.74. The number of carbonyl (C=O) groups is 1. The van der Waals surface area contributed by atoms with Crippen molar-refractivity contribution in [3.05, 3.63) is 23.8 Å². The molecule has 0 saturated carbocycles. The Morgan fingerprint density at radius 2 is 2.05 bits per heavy atom. The molecule has 2 amide bonds. The van der Waals surface area contributed by atoms with E-state index in [4.69, 9.17) is 4.74 Å². The van der Waals surface area contributed by atoms with Crippen LogP contribution in [0.1, 0.15) is 25.3 Å². The van der Waals surface area contributed by atoms with Crippen LogP contribution in [0.3, 0.4) is 0 Å². The molecule has 2 N–H and O–H groups in total. The molecular formula is C15H23N3O2. The number of methoxy groups -OCH3 is 1. The minimum atomic E-state index is -0.0358. The highest BCUT2D eigenvalue weighted by Gasteiger charge is 2.17. The molecule has 0 spiro atoms. The second-order valence-corrected chi connectivity index (χ2v) is 5.28. The van der Waals surface area contributed by atoms with Crippen molar-refractivity contribution >= 4 is 11.7 Å². The fourth-order valence-corrected chi connectivity index (χ4v) is 2.33. The summed E-state index contributed by atoms with van der Waals surface area (Å²) in [5, 5.41) is 6.20. The van der Waals surface area contributed by atoms with Gasteiger partial charge in [-0.25, -0.2) is 4.79 Å². The zero-order chi connectivity index (χ0) is 14.5. The second kappa shape index (κ2) is 6.61. The highest BCUT2D eigenvalue weighted by Crippen LogP contribution is 2.29. The number of ether oxygens (including phenoxy) is 1. The zero-order valence-corrected chi connectivity index (χ0v) is 12.4. The first kappa shape index (κ1) is 14.7. The molecular weight excluding hydrogens is 254 g/mol. The van der Waals surface area contributed by atoms with E-state index >= 15 is 0 Å². The van der Waals surface area contributed by atoms with Crippen LogP contribution in [0.15, 0.2) is 18.2 Å². The van der Waals surface area contributed by atoms with E-state index in [0.29, 0.717) is 5.92 Å². The molecule has 0 unspecified atom stereocenters. The minimum absolute atomic E-state index is 0.0358.